The van der Waals surface area contributed by atoms with Gasteiger partial charge in [-0.15, -0.1) is 11.8 Å². The summed E-state index contributed by atoms with van der Waals surface area (Å²) in [5.41, 5.74) is 0. The molecule has 1 fully saturated rings. The zero-order valence-electron chi connectivity index (χ0n) is 6.88. The lowest BCUT2D eigenvalue weighted by Gasteiger charge is -2.31. The third-order valence-corrected chi connectivity index (χ3v) is 4.32. The molecular formula is C8H15BrOS. The predicted octanol–water partition coefficient (Wildman–Crippen LogP) is 3.03. The van der Waals surface area contributed by atoms with Crippen LogP contribution in [0.1, 0.15) is 26.2 Å². The first-order chi connectivity index (χ1) is 5.34. The molecule has 0 N–H and O–H groups in total. The van der Waals surface area contributed by atoms with Gasteiger partial charge < -0.3 is 4.74 Å². The second kappa shape index (κ2) is 5.44. The maximum Gasteiger partial charge on any atom is 0.0882 e. The number of hydrogen-bond acceptors (Lipinski definition) is 2. The molecule has 0 aromatic heterocycles. The number of unbranched alkanes of at least 4 members (excludes halogenated alkanes) is 2. The molecule has 0 spiro atoms. The van der Waals surface area contributed by atoms with Crippen LogP contribution in [0, 0.1) is 0 Å². The Labute approximate surface area is 81.4 Å². The summed E-state index contributed by atoms with van der Waals surface area (Å²) in [5.74, 6) is 1.17. The summed E-state index contributed by atoms with van der Waals surface area (Å²) in [7, 11) is 0. The maximum absolute atomic E-state index is 5.62. The minimum atomic E-state index is 0.483. The summed E-state index contributed by atoms with van der Waals surface area (Å²) in [6.45, 7) is 3.16. The van der Waals surface area contributed by atoms with E-state index in [1.165, 1.54) is 25.0 Å². The van der Waals surface area contributed by atoms with Crippen LogP contribution in [0.3, 0.4) is 0 Å². The van der Waals surface area contributed by atoms with Crippen LogP contribution in [0.25, 0.3) is 0 Å². The van der Waals surface area contributed by atoms with E-state index in [0.717, 1.165) is 6.61 Å². The van der Waals surface area contributed by atoms with E-state index in [2.05, 4.69) is 22.9 Å². The van der Waals surface area contributed by atoms with E-state index in [9.17, 15) is 0 Å². The van der Waals surface area contributed by atoms with Gasteiger partial charge in [-0.3, -0.25) is 0 Å². The Bertz CT molecular complexity index is 110. The molecule has 1 heterocycles. The molecule has 0 aliphatic carbocycles. The molecule has 0 saturated carbocycles. The molecule has 1 nitrogen and oxygen atoms in total. The number of rotatable bonds is 5. The summed E-state index contributed by atoms with van der Waals surface area (Å²) >= 11 is 5.46. The van der Waals surface area contributed by atoms with Crippen LogP contribution in [0.4, 0.5) is 0 Å². The highest BCUT2D eigenvalue weighted by atomic mass is 79.9. The molecule has 1 saturated heterocycles. The average molecular weight is 239 g/mol. The van der Waals surface area contributed by atoms with Crippen molar-refractivity contribution in [3.05, 3.63) is 0 Å². The van der Waals surface area contributed by atoms with Crippen LogP contribution in [0.15, 0.2) is 0 Å². The van der Waals surface area contributed by atoms with Gasteiger partial charge in [0.05, 0.1) is 10.3 Å². The summed E-state index contributed by atoms with van der Waals surface area (Å²) in [6.07, 6.45) is 4.28. The highest BCUT2D eigenvalue weighted by molar-refractivity contribution is 9.11. The molecule has 2 unspecified atom stereocenters. The van der Waals surface area contributed by atoms with Crippen molar-refractivity contribution in [1.82, 2.24) is 0 Å². The standard InChI is InChI=1S/C8H15BrOS/c1-2-3-4-5-10-7-6-11-8(7)9/h7-8H,2-6H2,1H3. The molecular weight excluding hydrogens is 224 g/mol. The fourth-order valence-corrected chi connectivity index (χ4v) is 2.70. The van der Waals surface area contributed by atoms with Crippen LogP contribution >= 0.6 is 27.7 Å². The molecule has 1 aliphatic heterocycles. The number of halogens is 1. The van der Waals surface area contributed by atoms with Crippen LogP contribution < -0.4 is 0 Å². The van der Waals surface area contributed by atoms with Crippen molar-refractivity contribution in [2.75, 3.05) is 12.4 Å². The SMILES string of the molecule is CCCCCOC1CSC1Br. The maximum atomic E-state index is 5.62. The zero-order valence-corrected chi connectivity index (χ0v) is 9.29. The average Bonchev–Trinajstić information content (AvgIpc) is 2.02. The quantitative estimate of drug-likeness (QED) is 0.538. The fraction of sp³-hybridized carbons (Fsp3) is 1.00. The van der Waals surface area contributed by atoms with Crippen molar-refractivity contribution < 1.29 is 4.74 Å². The first kappa shape index (κ1) is 9.87. The van der Waals surface area contributed by atoms with Gasteiger partial charge in [0.2, 0.25) is 0 Å². The molecule has 0 radical (unpaired) electrons. The normalized spacial score (nSPS) is 30.0. The lowest BCUT2D eigenvalue weighted by Crippen LogP contribution is -2.34. The molecule has 1 rings (SSSR count). The van der Waals surface area contributed by atoms with Crippen LogP contribution in [0.2, 0.25) is 0 Å². The third-order valence-electron chi connectivity index (χ3n) is 1.79. The Balaban J connectivity index is 1.87. The van der Waals surface area contributed by atoms with Crippen molar-refractivity contribution in [1.29, 1.82) is 0 Å². The molecule has 0 amide bonds. The van der Waals surface area contributed by atoms with Crippen molar-refractivity contribution in [2.45, 2.75) is 36.4 Å². The van der Waals surface area contributed by atoms with Crippen LogP contribution in [0.5, 0.6) is 0 Å². The molecule has 2 atom stereocenters. The number of ether oxygens (including phenoxy) is 1. The zero-order chi connectivity index (χ0) is 8.10. The Morgan fingerprint density at radius 3 is 2.82 bits per heavy atom. The van der Waals surface area contributed by atoms with E-state index in [0.29, 0.717) is 10.3 Å². The Kier molecular flexibility index (Phi) is 4.88. The summed E-state index contributed by atoms with van der Waals surface area (Å²) in [6, 6.07) is 0. The minimum Gasteiger partial charge on any atom is -0.375 e. The van der Waals surface area contributed by atoms with Gasteiger partial charge in [-0.2, -0.15) is 0 Å². The van der Waals surface area contributed by atoms with E-state index in [1.807, 2.05) is 11.8 Å². The van der Waals surface area contributed by atoms with E-state index in [-0.39, 0.29) is 0 Å². The van der Waals surface area contributed by atoms with Gasteiger partial charge in [0, 0.05) is 12.4 Å². The molecule has 66 valence electrons. The van der Waals surface area contributed by atoms with Gasteiger partial charge in [-0.25, -0.2) is 0 Å². The van der Waals surface area contributed by atoms with Gasteiger partial charge >= 0.3 is 0 Å². The summed E-state index contributed by atoms with van der Waals surface area (Å²) in [5, 5.41) is 0. The second-order valence-electron chi connectivity index (χ2n) is 2.80. The van der Waals surface area contributed by atoms with Gasteiger partial charge in [0.25, 0.3) is 0 Å². The molecule has 0 aromatic carbocycles. The molecule has 11 heavy (non-hydrogen) atoms. The van der Waals surface area contributed by atoms with E-state index < -0.39 is 0 Å². The van der Waals surface area contributed by atoms with E-state index in [4.69, 9.17) is 4.74 Å². The first-order valence-electron chi connectivity index (χ1n) is 4.22. The Hall–Kier alpha value is 0.790. The van der Waals surface area contributed by atoms with Crippen molar-refractivity contribution in [2.24, 2.45) is 0 Å². The lowest BCUT2D eigenvalue weighted by molar-refractivity contribution is 0.0706. The van der Waals surface area contributed by atoms with E-state index in [1.54, 1.807) is 0 Å². The number of alkyl halides is 1. The minimum absolute atomic E-state index is 0.483. The molecule has 0 bridgehead atoms. The van der Waals surface area contributed by atoms with Crippen LogP contribution in [-0.2, 0) is 4.74 Å². The monoisotopic (exact) mass is 238 g/mol. The predicted molar refractivity (Wildman–Crippen MR) is 54.4 cm³/mol. The van der Waals surface area contributed by atoms with Gasteiger partial charge in [-0.1, -0.05) is 35.7 Å². The molecule has 1 aliphatic rings. The van der Waals surface area contributed by atoms with Gasteiger partial charge in [-0.05, 0) is 6.42 Å². The van der Waals surface area contributed by atoms with Crippen LogP contribution in [-0.4, -0.2) is 22.6 Å². The number of hydrogen-bond donors (Lipinski definition) is 0. The third kappa shape index (κ3) is 3.34. The Morgan fingerprint density at radius 2 is 2.36 bits per heavy atom. The van der Waals surface area contributed by atoms with Crippen molar-refractivity contribution >= 4 is 27.7 Å². The Morgan fingerprint density at radius 1 is 1.55 bits per heavy atom. The van der Waals surface area contributed by atoms with Gasteiger partial charge in [0.15, 0.2) is 0 Å². The van der Waals surface area contributed by atoms with E-state index >= 15 is 0 Å². The van der Waals surface area contributed by atoms with Crippen molar-refractivity contribution in [3.8, 4) is 0 Å². The largest absolute Gasteiger partial charge is 0.375 e. The molecule has 0 aromatic rings. The highest BCUT2D eigenvalue weighted by Gasteiger charge is 2.29. The second-order valence-corrected chi connectivity index (χ2v) is 5.57. The summed E-state index contributed by atoms with van der Waals surface area (Å²) < 4.78 is 6.18. The van der Waals surface area contributed by atoms with Gasteiger partial charge in [0.1, 0.15) is 0 Å². The molecule has 3 heteroatoms. The smallest absolute Gasteiger partial charge is 0.0882 e. The fourth-order valence-electron chi connectivity index (χ4n) is 0.958. The van der Waals surface area contributed by atoms with Crippen molar-refractivity contribution in [3.63, 3.8) is 0 Å². The first-order valence-corrected chi connectivity index (χ1v) is 6.18. The topological polar surface area (TPSA) is 9.23 Å². The lowest BCUT2D eigenvalue weighted by atomic mass is 10.3. The summed E-state index contributed by atoms with van der Waals surface area (Å²) in [4.78, 5) is 0. The number of thioether (sulfide) groups is 1. The highest BCUT2D eigenvalue weighted by Crippen LogP contribution is 2.35.